The van der Waals surface area contributed by atoms with Gasteiger partial charge in [0.1, 0.15) is 5.82 Å². The molecule has 1 aromatic rings. The third kappa shape index (κ3) is 4.27. The predicted octanol–water partition coefficient (Wildman–Crippen LogP) is 3.61. The minimum absolute atomic E-state index is 0.152. The lowest BCUT2D eigenvalue weighted by molar-refractivity contribution is 0.156. The average molecular weight is 292 g/mol. The number of hydrogen-bond acceptors (Lipinski definition) is 2. The van der Waals surface area contributed by atoms with Gasteiger partial charge in [0, 0.05) is 18.1 Å². The summed E-state index contributed by atoms with van der Waals surface area (Å²) < 4.78 is 13.0. The van der Waals surface area contributed by atoms with E-state index in [-0.39, 0.29) is 11.4 Å². The van der Waals surface area contributed by atoms with Crippen LogP contribution in [0.4, 0.5) is 4.39 Å². The number of halogens is 1. The molecule has 0 amide bonds. The zero-order valence-electron chi connectivity index (χ0n) is 13.7. The highest BCUT2D eigenvalue weighted by Gasteiger charge is 2.31. The van der Waals surface area contributed by atoms with Crippen LogP contribution in [0.15, 0.2) is 24.3 Å². The highest BCUT2D eigenvalue weighted by molar-refractivity contribution is 5.17. The van der Waals surface area contributed by atoms with Crippen LogP contribution in [0.3, 0.4) is 0 Å². The summed E-state index contributed by atoms with van der Waals surface area (Å²) in [6.07, 6.45) is 4.53. The quantitative estimate of drug-likeness (QED) is 0.892. The van der Waals surface area contributed by atoms with Crippen molar-refractivity contribution < 1.29 is 4.39 Å². The van der Waals surface area contributed by atoms with Gasteiger partial charge in [-0.2, -0.15) is 0 Å². The second-order valence-electron chi connectivity index (χ2n) is 6.42. The standard InChI is InChI=1S/C18H29FN2/c1-4-18(5-2)14-21(12-6-11-20-18)15(3)13-16-7-9-17(19)10-8-16/h7-10,15,20H,4-6,11-14H2,1-3H3. The van der Waals surface area contributed by atoms with Crippen LogP contribution in [-0.2, 0) is 6.42 Å². The molecule has 2 nitrogen and oxygen atoms in total. The van der Waals surface area contributed by atoms with E-state index in [9.17, 15) is 4.39 Å². The summed E-state index contributed by atoms with van der Waals surface area (Å²) in [4.78, 5) is 2.61. The van der Waals surface area contributed by atoms with Gasteiger partial charge >= 0.3 is 0 Å². The Morgan fingerprint density at radius 1 is 1.24 bits per heavy atom. The van der Waals surface area contributed by atoms with E-state index in [0.717, 1.165) is 26.1 Å². The van der Waals surface area contributed by atoms with Gasteiger partial charge < -0.3 is 5.32 Å². The molecule has 1 aliphatic heterocycles. The Balaban J connectivity index is 2.02. The maximum Gasteiger partial charge on any atom is 0.123 e. The van der Waals surface area contributed by atoms with E-state index in [0.29, 0.717) is 6.04 Å². The summed E-state index contributed by atoms with van der Waals surface area (Å²) in [6, 6.07) is 7.44. The first-order valence-electron chi connectivity index (χ1n) is 8.32. The van der Waals surface area contributed by atoms with Gasteiger partial charge in [-0.3, -0.25) is 4.90 Å². The Kier molecular flexibility index (Phi) is 5.77. The Hall–Kier alpha value is -0.930. The van der Waals surface area contributed by atoms with Gasteiger partial charge in [0.2, 0.25) is 0 Å². The van der Waals surface area contributed by atoms with E-state index in [1.54, 1.807) is 12.1 Å². The molecule has 1 atom stereocenters. The van der Waals surface area contributed by atoms with Gasteiger partial charge in [-0.05, 0) is 63.4 Å². The molecular weight excluding hydrogens is 263 g/mol. The zero-order valence-corrected chi connectivity index (χ0v) is 13.7. The van der Waals surface area contributed by atoms with Gasteiger partial charge in [0.05, 0.1) is 0 Å². The largest absolute Gasteiger partial charge is 0.310 e. The maximum absolute atomic E-state index is 13.0. The second kappa shape index (κ2) is 7.37. The Bertz CT molecular complexity index is 425. The summed E-state index contributed by atoms with van der Waals surface area (Å²) in [5.74, 6) is -0.152. The lowest BCUT2D eigenvalue weighted by Gasteiger charge is -2.38. The molecule has 0 radical (unpaired) electrons. The Morgan fingerprint density at radius 3 is 2.52 bits per heavy atom. The first-order valence-corrected chi connectivity index (χ1v) is 8.32. The second-order valence-corrected chi connectivity index (χ2v) is 6.42. The molecule has 118 valence electrons. The topological polar surface area (TPSA) is 15.3 Å². The van der Waals surface area contributed by atoms with E-state index < -0.39 is 0 Å². The van der Waals surface area contributed by atoms with E-state index >= 15 is 0 Å². The van der Waals surface area contributed by atoms with Crippen molar-refractivity contribution in [2.24, 2.45) is 0 Å². The van der Waals surface area contributed by atoms with Crippen molar-refractivity contribution in [1.29, 1.82) is 0 Å². The van der Waals surface area contributed by atoms with Gasteiger partial charge in [0.25, 0.3) is 0 Å². The fourth-order valence-electron chi connectivity index (χ4n) is 3.35. The molecule has 1 saturated heterocycles. The normalized spacial score (nSPS) is 21.0. The first kappa shape index (κ1) is 16.4. The smallest absolute Gasteiger partial charge is 0.123 e. The van der Waals surface area contributed by atoms with Gasteiger partial charge in [0.15, 0.2) is 0 Å². The van der Waals surface area contributed by atoms with Crippen molar-refractivity contribution >= 4 is 0 Å². The number of hydrogen-bond donors (Lipinski definition) is 1. The van der Waals surface area contributed by atoms with Gasteiger partial charge in [-0.15, -0.1) is 0 Å². The highest BCUT2D eigenvalue weighted by Crippen LogP contribution is 2.22. The van der Waals surface area contributed by atoms with Crippen LogP contribution < -0.4 is 5.32 Å². The third-order valence-electron chi connectivity index (χ3n) is 5.05. The van der Waals surface area contributed by atoms with E-state index in [1.165, 1.54) is 24.8 Å². The van der Waals surface area contributed by atoms with Crippen molar-refractivity contribution in [3.8, 4) is 0 Å². The molecule has 2 rings (SSSR count). The lowest BCUT2D eigenvalue weighted by Crippen LogP contribution is -2.52. The number of rotatable bonds is 5. The van der Waals surface area contributed by atoms with Crippen molar-refractivity contribution in [1.82, 2.24) is 10.2 Å². The minimum Gasteiger partial charge on any atom is -0.310 e. The fourth-order valence-corrected chi connectivity index (χ4v) is 3.35. The summed E-state index contributed by atoms with van der Waals surface area (Å²) >= 11 is 0. The summed E-state index contributed by atoms with van der Waals surface area (Å²) in [5.41, 5.74) is 1.48. The molecule has 1 unspecified atom stereocenters. The average Bonchev–Trinajstić information content (AvgIpc) is 2.73. The molecule has 0 spiro atoms. The molecule has 1 aromatic carbocycles. The molecule has 21 heavy (non-hydrogen) atoms. The molecule has 1 aliphatic rings. The summed E-state index contributed by atoms with van der Waals surface area (Å²) in [5, 5.41) is 3.76. The zero-order chi connectivity index (χ0) is 15.3. The molecule has 0 saturated carbocycles. The predicted molar refractivity (Wildman–Crippen MR) is 87.1 cm³/mol. The van der Waals surface area contributed by atoms with Gasteiger partial charge in [-0.1, -0.05) is 26.0 Å². The first-order chi connectivity index (χ1) is 10.1. The number of benzene rings is 1. The molecule has 3 heteroatoms. The summed E-state index contributed by atoms with van der Waals surface area (Å²) in [7, 11) is 0. The Labute approximate surface area is 128 Å². The van der Waals surface area contributed by atoms with Crippen molar-refractivity contribution in [3.63, 3.8) is 0 Å². The van der Waals surface area contributed by atoms with Crippen molar-refractivity contribution in [2.45, 2.75) is 58.0 Å². The molecule has 0 aliphatic carbocycles. The van der Waals surface area contributed by atoms with Crippen LogP contribution in [0.25, 0.3) is 0 Å². The molecule has 1 N–H and O–H groups in total. The fraction of sp³-hybridized carbons (Fsp3) is 0.667. The minimum atomic E-state index is -0.152. The van der Waals surface area contributed by atoms with Crippen LogP contribution in [0.5, 0.6) is 0 Å². The molecule has 0 aromatic heterocycles. The molecule has 0 bridgehead atoms. The lowest BCUT2D eigenvalue weighted by atomic mass is 9.91. The van der Waals surface area contributed by atoms with E-state index in [1.807, 2.05) is 12.1 Å². The van der Waals surface area contributed by atoms with Crippen LogP contribution in [-0.4, -0.2) is 36.1 Å². The van der Waals surface area contributed by atoms with Gasteiger partial charge in [-0.25, -0.2) is 4.39 Å². The third-order valence-corrected chi connectivity index (χ3v) is 5.05. The van der Waals surface area contributed by atoms with E-state index in [4.69, 9.17) is 0 Å². The number of nitrogens with one attached hydrogen (secondary N) is 1. The van der Waals surface area contributed by atoms with Crippen molar-refractivity contribution in [2.75, 3.05) is 19.6 Å². The SMILES string of the molecule is CCC1(CC)CN(C(C)Cc2ccc(F)cc2)CCCN1. The number of nitrogens with zero attached hydrogens (tertiary/aromatic N) is 1. The molecule has 1 fully saturated rings. The maximum atomic E-state index is 13.0. The Morgan fingerprint density at radius 2 is 1.90 bits per heavy atom. The van der Waals surface area contributed by atoms with Crippen LogP contribution >= 0.6 is 0 Å². The monoisotopic (exact) mass is 292 g/mol. The van der Waals surface area contributed by atoms with E-state index in [2.05, 4.69) is 31.0 Å². The summed E-state index contributed by atoms with van der Waals surface area (Å²) in [6.45, 7) is 10.2. The van der Waals surface area contributed by atoms with Crippen LogP contribution in [0, 0.1) is 5.82 Å². The van der Waals surface area contributed by atoms with Crippen molar-refractivity contribution in [3.05, 3.63) is 35.6 Å². The van der Waals surface area contributed by atoms with Crippen LogP contribution in [0.2, 0.25) is 0 Å². The molecular formula is C18H29FN2. The highest BCUT2D eigenvalue weighted by atomic mass is 19.1. The molecule has 1 heterocycles. The van der Waals surface area contributed by atoms with Crippen LogP contribution in [0.1, 0.15) is 45.6 Å².